The first-order valence-electron chi connectivity index (χ1n) is 9.73. The van der Waals surface area contributed by atoms with Crippen LogP contribution in [0.3, 0.4) is 0 Å². The molecule has 8 heteroatoms. The second kappa shape index (κ2) is 10.1. The number of hydrogen-bond donors (Lipinski definition) is 2. The number of nitrogens with one attached hydrogen (secondary N) is 2. The number of rotatable bonds is 4. The van der Waals surface area contributed by atoms with E-state index in [2.05, 4.69) is 10.6 Å². The van der Waals surface area contributed by atoms with Crippen LogP contribution >= 0.6 is 12.4 Å². The van der Waals surface area contributed by atoms with Gasteiger partial charge in [-0.05, 0) is 63.6 Å². The molecule has 1 saturated heterocycles. The van der Waals surface area contributed by atoms with Gasteiger partial charge in [0.1, 0.15) is 11.3 Å². The largest absolute Gasteiger partial charge is 0.469 e. The van der Waals surface area contributed by atoms with Crippen LogP contribution in [0.25, 0.3) is 0 Å². The van der Waals surface area contributed by atoms with Crippen molar-refractivity contribution in [2.45, 2.75) is 57.4 Å². The summed E-state index contributed by atoms with van der Waals surface area (Å²) in [7, 11) is 1.39. The molecule has 7 nitrogen and oxygen atoms in total. The molecular weight excluding hydrogens is 384 g/mol. The summed E-state index contributed by atoms with van der Waals surface area (Å²) in [6.07, 6.45) is 4.77. The maximum Gasteiger partial charge on any atom is 0.349 e. The molecule has 1 unspecified atom stereocenters. The van der Waals surface area contributed by atoms with Crippen LogP contribution in [0.15, 0.2) is 15.3 Å². The van der Waals surface area contributed by atoms with E-state index in [1.54, 1.807) is 6.92 Å². The minimum Gasteiger partial charge on any atom is -0.469 e. The molecular formula is C20H29ClN2O5. The van der Waals surface area contributed by atoms with Gasteiger partial charge in [0, 0.05) is 18.5 Å². The first-order valence-corrected chi connectivity index (χ1v) is 9.73. The highest BCUT2D eigenvalue weighted by atomic mass is 35.5. The molecule has 2 fully saturated rings. The van der Waals surface area contributed by atoms with Gasteiger partial charge in [0.2, 0.25) is 0 Å². The van der Waals surface area contributed by atoms with Crippen molar-refractivity contribution < 1.29 is 18.7 Å². The average molecular weight is 413 g/mol. The highest BCUT2D eigenvalue weighted by Crippen LogP contribution is 2.26. The molecule has 156 valence electrons. The number of aryl methyl sites for hydroxylation is 1. The predicted molar refractivity (Wildman–Crippen MR) is 107 cm³/mol. The summed E-state index contributed by atoms with van der Waals surface area (Å²) in [6, 6.07) is 1.78. The molecule has 0 spiro atoms. The zero-order chi connectivity index (χ0) is 19.4. The monoisotopic (exact) mass is 412 g/mol. The Labute approximate surface area is 171 Å². The summed E-state index contributed by atoms with van der Waals surface area (Å²) in [5.74, 6) is 0.147. The van der Waals surface area contributed by atoms with Crippen molar-refractivity contribution in [3.63, 3.8) is 0 Å². The zero-order valence-electron chi connectivity index (χ0n) is 16.4. The van der Waals surface area contributed by atoms with Gasteiger partial charge >= 0.3 is 11.6 Å². The third-order valence-corrected chi connectivity index (χ3v) is 5.69. The van der Waals surface area contributed by atoms with Crippen molar-refractivity contribution in [1.82, 2.24) is 10.6 Å². The Hall–Kier alpha value is -1.86. The number of methoxy groups -OCH3 is 1. The molecule has 1 aromatic heterocycles. The summed E-state index contributed by atoms with van der Waals surface area (Å²) in [4.78, 5) is 36.7. The van der Waals surface area contributed by atoms with Crippen molar-refractivity contribution in [1.29, 1.82) is 0 Å². The number of piperidine rings is 1. The molecule has 2 N–H and O–H groups in total. The number of amides is 1. The number of carbonyl (C=O) groups excluding carboxylic acids is 2. The minimum absolute atomic E-state index is 0. The van der Waals surface area contributed by atoms with Gasteiger partial charge in [-0.1, -0.05) is 0 Å². The van der Waals surface area contributed by atoms with Crippen LogP contribution in [0.1, 0.15) is 66.1 Å². The first kappa shape index (κ1) is 22.4. The highest BCUT2D eigenvalue weighted by molar-refractivity contribution is 5.95. The Balaban J connectivity index is 0.00000280. The normalized spacial score (nSPS) is 24.7. The van der Waals surface area contributed by atoms with Crippen LogP contribution < -0.4 is 16.3 Å². The fourth-order valence-electron chi connectivity index (χ4n) is 4.10. The summed E-state index contributed by atoms with van der Waals surface area (Å²) < 4.78 is 10.3. The number of carbonyl (C=O) groups is 2. The van der Waals surface area contributed by atoms with Crippen molar-refractivity contribution >= 4 is 24.3 Å². The maximum atomic E-state index is 12.6. The van der Waals surface area contributed by atoms with E-state index in [4.69, 9.17) is 9.15 Å². The average Bonchev–Trinajstić information content (AvgIpc) is 2.68. The first-order chi connectivity index (χ1) is 13.0. The van der Waals surface area contributed by atoms with E-state index in [0.29, 0.717) is 37.0 Å². The van der Waals surface area contributed by atoms with E-state index in [1.165, 1.54) is 7.11 Å². The highest BCUT2D eigenvalue weighted by Gasteiger charge is 2.29. The molecule has 2 heterocycles. The van der Waals surface area contributed by atoms with Crippen LogP contribution in [0.5, 0.6) is 0 Å². The number of ether oxygens (including phenoxy) is 1. The molecule has 0 aromatic carbocycles. The molecule has 1 aliphatic heterocycles. The van der Waals surface area contributed by atoms with Crippen molar-refractivity contribution in [2.75, 3.05) is 20.2 Å². The fraction of sp³-hybridized carbons (Fsp3) is 0.650. The fourth-order valence-corrected chi connectivity index (χ4v) is 4.10. The van der Waals surface area contributed by atoms with Crippen molar-refractivity contribution in [3.8, 4) is 0 Å². The van der Waals surface area contributed by atoms with E-state index in [1.807, 2.05) is 6.07 Å². The molecule has 1 atom stereocenters. The lowest BCUT2D eigenvalue weighted by Gasteiger charge is -2.27. The summed E-state index contributed by atoms with van der Waals surface area (Å²) in [5.41, 5.74) is 0.154. The summed E-state index contributed by atoms with van der Waals surface area (Å²) in [6.45, 7) is 3.55. The summed E-state index contributed by atoms with van der Waals surface area (Å²) >= 11 is 0. The molecule has 0 bridgehead atoms. The Morgan fingerprint density at radius 1 is 1.21 bits per heavy atom. The van der Waals surface area contributed by atoms with Crippen LogP contribution in [-0.4, -0.2) is 38.1 Å². The zero-order valence-corrected chi connectivity index (χ0v) is 17.2. The molecule has 3 rings (SSSR count). The Morgan fingerprint density at radius 3 is 2.50 bits per heavy atom. The smallest absolute Gasteiger partial charge is 0.349 e. The number of hydrogen-bond acceptors (Lipinski definition) is 6. The standard InChI is InChI=1S/C20H28N2O5.ClH/c1-12-10-16(14-4-3-9-21-11-14)27-20(25)17(12)18(23)22-15-7-5-13(6-8-15)19(24)26-2;/h10,13-15,21H,3-9,11H2,1-2H3,(H,22,23);1H. The molecule has 28 heavy (non-hydrogen) atoms. The lowest BCUT2D eigenvalue weighted by atomic mass is 9.86. The SMILES string of the molecule is COC(=O)C1CCC(NC(=O)c2c(C)cc(C3CCCNC3)oc2=O)CC1.Cl. The van der Waals surface area contributed by atoms with E-state index in [0.717, 1.165) is 25.9 Å². The minimum atomic E-state index is -0.573. The van der Waals surface area contributed by atoms with E-state index >= 15 is 0 Å². The quantitative estimate of drug-likeness (QED) is 0.736. The van der Waals surface area contributed by atoms with Crippen LogP contribution in [-0.2, 0) is 9.53 Å². The third kappa shape index (κ3) is 5.14. The number of esters is 1. The second-order valence-electron chi connectivity index (χ2n) is 7.58. The van der Waals surface area contributed by atoms with Gasteiger partial charge in [0.15, 0.2) is 0 Å². The second-order valence-corrected chi connectivity index (χ2v) is 7.58. The third-order valence-electron chi connectivity index (χ3n) is 5.69. The van der Waals surface area contributed by atoms with Crippen LogP contribution in [0.4, 0.5) is 0 Å². The molecule has 1 aliphatic carbocycles. The van der Waals surface area contributed by atoms with Gasteiger partial charge in [-0.2, -0.15) is 0 Å². The van der Waals surface area contributed by atoms with Crippen molar-refractivity contribution in [3.05, 3.63) is 33.4 Å². The van der Waals surface area contributed by atoms with E-state index in [-0.39, 0.29) is 41.8 Å². The molecule has 2 aliphatic rings. The van der Waals surface area contributed by atoms with E-state index < -0.39 is 11.5 Å². The van der Waals surface area contributed by atoms with Crippen LogP contribution in [0, 0.1) is 12.8 Å². The maximum absolute atomic E-state index is 12.6. The predicted octanol–water partition coefficient (Wildman–Crippen LogP) is 2.30. The van der Waals surface area contributed by atoms with Crippen LogP contribution in [0.2, 0.25) is 0 Å². The van der Waals surface area contributed by atoms with Gasteiger partial charge in [-0.15, -0.1) is 12.4 Å². The van der Waals surface area contributed by atoms with Crippen molar-refractivity contribution in [2.24, 2.45) is 5.92 Å². The topological polar surface area (TPSA) is 97.6 Å². The Morgan fingerprint density at radius 2 is 1.93 bits per heavy atom. The Bertz CT molecular complexity index is 749. The van der Waals surface area contributed by atoms with Gasteiger partial charge in [-0.25, -0.2) is 4.79 Å². The van der Waals surface area contributed by atoms with Gasteiger partial charge in [0.25, 0.3) is 5.91 Å². The van der Waals surface area contributed by atoms with E-state index in [9.17, 15) is 14.4 Å². The van der Waals surface area contributed by atoms with Gasteiger partial charge in [-0.3, -0.25) is 9.59 Å². The van der Waals surface area contributed by atoms with Gasteiger partial charge < -0.3 is 19.8 Å². The lowest BCUT2D eigenvalue weighted by molar-refractivity contribution is -0.146. The van der Waals surface area contributed by atoms with Gasteiger partial charge in [0.05, 0.1) is 13.0 Å². The summed E-state index contributed by atoms with van der Waals surface area (Å²) in [5, 5.41) is 6.24. The molecule has 1 amide bonds. The molecule has 0 radical (unpaired) electrons. The molecule has 1 aromatic rings. The number of halogens is 1. The lowest BCUT2D eigenvalue weighted by Crippen LogP contribution is -2.41. The Kier molecular flexibility index (Phi) is 8.07. The molecule has 1 saturated carbocycles.